The Balaban J connectivity index is 1.16. The molecule has 0 unspecified atom stereocenters. The summed E-state index contributed by atoms with van der Waals surface area (Å²) in [4.78, 5) is 56.7. The molecule has 1 aromatic heterocycles. The average molecular weight is 606 g/mol. The number of hydrogen-bond acceptors (Lipinski definition) is 7. The molecule has 0 aliphatic carbocycles. The molecule has 2 saturated heterocycles. The number of ether oxygens (including phenoxy) is 2. The molecule has 4 heterocycles. The van der Waals surface area contributed by atoms with Crippen molar-refractivity contribution in [3.8, 4) is 5.75 Å². The minimum Gasteiger partial charge on any atom is -0.492 e. The molecule has 0 saturated carbocycles. The van der Waals surface area contributed by atoms with E-state index >= 15 is 0 Å². The molecule has 3 amide bonds. The van der Waals surface area contributed by atoms with Crippen LogP contribution in [0.15, 0.2) is 41.2 Å². The number of nitrogens with one attached hydrogen (secondary N) is 1. The van der Waals surface area contributed by atoms with Gasteiger partial charge in [0.25, 0.3) is 11.5 Å². The first-order valence-electron chi connectivity index (χ1n) is 14.9. The number of alkyl halides is 1. The van der Waals surface area contributed by atoms with Crippen LogP contribution in [0.5, 0.6) is 5.75 Å². The molecule has 44 heavy (non-hydrogen) atoms. The smallest absolute Gasteiger partial charge is 0.411 e. The summed E-state index contributed by atoms with van der Waals surface area (Å²) < 4.78 is 25.7. The van der Waals surface area contributed by atoms with Gasteiger partial charge in [-0.05, 0) is 44.0 Å². The third-order valence-corrected chi connectivity index (χ3v) is 8.26. The second-order valence-corrected chi connectivity index (χ2v) is 12.6. The molecule has 12 heteroatoms. The van der Waals surface area contributed by atoms with Crippen molar-refractivity contribution in [2.45, 2.75) is 57.8 Å². The first-order valence-corrected chi connectivity index (χ1v) is 14.9. The van der Waals surface area contributed by atoms with E-state index in [1.165, 1.54) is 4.90 Å². The topological polar surface area (TPSA) is 125 Å². The summed E-state index contributed by atoms with van der Waals surface area (Å²) in [5.74, 6) is 0.0379. The zero-order chi connectivity index (χ0) is 31.2. The van der Waals surface area contributed by atoms with Gasteiger partial charge >= 0.3 is 6.09 Å². The Kier molecular flexibility index (Phi) is 7.77. The minimum absolute atomic E-state index is 0.0765. The lowest BCUT2D eigenvalue weighted by molar-refractivity contribution is -0.137. The number of carbonyl (C=O) groups is 3. The Morgan fingerprint density at radius 3 is 2.50 bits per heavy atom. The number of nitrogens with zero attached hydrogens (tertiary/aromatic N) is 4. The maximum Gasteiger partial charge on any atom is 0.411 e. The standard InChI is InChI=1S/C32H36FN5O6/c1-32(2,3)44-31(42)38-18-21(33)17-26(38)30(41)37-11-9-36(10-12-37)29(40)24-15-19(14-20-8-13-43-27(20)24)16-25-22-6-4-5-7-23(22)28(39)35-34-25/h4-7,14-15,21,26H,8-13,16-18H2,1-3H3,(H,35,39)/t21-,26-/m0/s1. The molecule has 3 aliphatic rings. The highest BCUT2D eigenvalue weighted by Gasteiger charge is 2.44. The number of fused-ring (bicyclic) bond motifs is 2. The molecular formula is C32H36FN5O6. The molecule has 0 bridgehead atoms. The van der Waals surface area contributed by atoms with E-state index in [1.807, 2.05) is 24.3 Å². The van der Waals surface area contributed by atoms with Crippen molar-refractivity contribution in [1.29, 1.82) is 0 Å². The van der Waals surface area contributed by atoms with Crippen molar-refractivity contribution in [3.05, 3.63) is 69.1 Å². The third-order valence-electron chi connectivity index (χ3n) is 8.26. The van der Waals surface area contributed by atoms with Crippen molar-refractivity contribution >= 4 is 28.7 Å². The van der Waals surface area contributed by atoms with Gasteiger partial charge in [-0.25, -0.2) is 14.3 Å². The van der Waals surface area contributed by atoms with Gasteiger partial charge in [-0.2, -0.15) is 5.10 Å². The first kappa shape index (κ1) is 29.6. The lowest BCUT2D eigenvalue weighted by atomic mass is 9.98. The van der Waals surface area contributed by atoms with Gasteiger partial charge in [-0.3, -0.25) is 19.3 Å². The minimum atomic E-state index is -1.31. The lowest BCUT2D eigenvalue weighted by Gasteiger charge is -2.37. The Hall–Kier alpha value is -4.48. The summed E-state index contributed by atoms with van der Waals surface area (Å²) in [6, 6.07) is 10.2. The van der Waals surface area contributed by atoms with E-state index in [1.54, 1.807) is 42.7 Å². The van der Waals surface area contributed by atoms with Gasteiger partial charge in [0.05, 0.1) is 29.8 Å². The van der Waals surface area contributed by atoms with Crippen molar-refractivity contribution < 1.29 is 28.2 Å². The van der Waals surface area contributed by atoms with E-state index in [4.69, 9.17) is 9.47 Å². The Bertz CT molecular complexity index is 1680. The maximum atomic E-state index is 14.4. The van der Waals surface area contributed by atoms with E-state index in [9.17, 15) is 23.6 Å². The van der Waals surface area contributed by atoms with Crippen molar-refractivity contribution in [2.75, 3.05) is 39.3 Å². The largest absolute Gasteiger partial charge is 0.492 e. The van der Waals surface area contributed by atoms with Crippen molar-refractivity contribution in [2.24, 2.45) is 0 Å². The van der Waals surface area contributed by atoms with Crippen LogP contribution in [0.1, 0.15) is 54.4 Å². The zero-order valence-corrected chi connectivity index (χ0v) is 25.1. The van der Waals surface area contributed by atoms with E-state index in [-0.39, 0.29) is 56.5 Å². The molecule has 3 aliphatic heterocycles. The second kappa shape index (κ2) is 11.5. The fraction of sp³-hybridized carbons (Fsp3) is 0.469. The van der Waals surface area contributed by atoms with Crippen LogP contribution in [-0.2, 0) is 22.4 Å². The van der Waals surface area contributed by atoms with Crippen LogP contribution in [0.2, 0.25) is 0 Å². The number of H-pyrrole nitrogens is 1. The van der Waals surface area contributed by atoms with E-state index < -0.39 is 23.9 Å². The predicted octanol–water partition coefficient (Wildman–Crippen LogP) is 3.08. The maximum absolute atomic E-state index is 14.4. The Morgan fingerprint density at radius 2 is 1.77 bits per heavy atom. The average Bonchev–Trinajstić information content (AvgIpc) is 3.63. The van der Waals surface area contributed by atoms with Gasteiger partial charge in [0.15, 0.2) is 0 Å². The zero-order valence-electron chi connectivity index (χ0n) is 25.1. The quantitative estimate of drug-likeness (QED) is 0.485. The van der Waals surface area contributed by atoms with Crippen molar-refractivity contribution in [1.82, 2.24) is 24.9 Å². The predicted molar refractivity (Wildman–Crippen MR) is 160 cm³/mol. The molecule has 2 fully saturated rings. The molecule has 2 atom stereocenters. The van der Waals surface area contributed by atoms with Crippen molar-refractivity contribution in [3.63, 3.8) is 0 Å². The highest BCUT2D eigenvalue weighted by atomic mass is 19.1. The summed E-state index contributed by atoms with van der Waals surface area (Å²) in [5, 5.41) is 8.18. The number of benzene rings is 2. The summed E-state index contributed by atoms with van der Waals surface area (Å²) in [7, 11) is 0. The summed E-state index contributed by atoms with van der Waals surface area (Å²) in [6.07, 6.45) is -0.997. The van der Waals surface area contributed by atoms with E-state index in [0.717, 1.165) is 16.5 Å². The van der Waals surface area contributed by atoms with Gasteiger partial charge in [0.2, 0.25) is 5.91 Å². The first-order chi connectivity index (χ1) is 21.0. The van der Waals surface area contributed by atoms with Gasteiger partial charge < -0.3 is 19.3 Å². The van der Waals surface area contributed by atoms with Crippen LogP contribution in [0.4, 0.5) is 9.18 Å². The van der Waals surface area contributed by atoms with E-state index in [2.05, 4.69) is 10.2 Å². The number of hydrogen-bond donors (Lipinski definition) is 1. The second-order valence-electron chi connectivity index (χ2n) is 12.6. The van der Waals surface area contributed by atoms with Crippen LogP contribution in [0.25, 0.3) is 10.8 Å². The fourth-order valence-corrected chi connectivity index (χ4v) is 6.19. The van der Waals surface area contributed by atoms with Crippen LogP contribution < -0.4 is 10.3 Å². The molecular weight excluding hydrogens is 569 g/mol. The summed E-state index contributed by atoms with van der Waals surface area (Å²) in [5.41, 5.74) is 1.95. The number of piperazine rings is 1. The summed E-state index contributed by atoms with van der Waals surface area (Å²) in [6.45, 7) is 6.55. The number of aromatic amines is 1. The highest BCUT2D eigenvalue weighted by molar-refractivity contribution is 5.98. The number of amides is 3. The molecule has 232 valence electrons. The molecule has 0 radical (unpaired) electrons. The van der Waals surface area contributed by atoms with Gasteiger partial charge in [0, 0.05) is 50.8 Å². The highest BCUT2D eigenvalue weighted by Crippen LogP contribution is 2.33. The number of rotatable bonds is 4. The van der Waals surface area contributed by atoms with Gasteiger partial charge in [-0.1, -0.05) is 24.3 Å². The number of halogens is 1. The normalized spacial score (nSPS) is 20.0. The third kappa shape index (κ3) is 5.85. The monoisotopic (exact) mass is 605 g/mol. The van der Waals surface area contributed by atoms with Crippen LogP contribution in [0.3, 0.4) is 0 Å². The number of aromatic nitrogens is 2. The SMILES string of the molecule is CC(C)(C)OC(=O)N1C[C@@H](F)C[C@H]1C(=O)N1CCN(C(=O)c2cc(Cc3n[nH]c(=O)c4ccccc34)cc3c2OCC3)CC1. The number of likely N-dealkylation sites (tertiary alicyclic amines) is 1. The van der Waals surface area contributed by atoms with Gasteiger partial charge in [0.1, 0.15) is 23.6 Å². The fourth-order valence-electron chi connectivity index (χ4n) is 6.19. The molecule has 1 N–H and O–H groups in total. The number of carbonyl (C=O) groups excluding carboxylic acids is 3. The Labute approximate surface area is 253 Å². The molecule has 11 nitrogen and oxygen atoms in total. The molecule has 6 rings (SSSR count). The Morgan fingerprint density at radius 1 is 1.07 bits per heavy atom. The summed E-state index contributed by atoms with van der Waals surface area (Å²) >= 11 is 0. The molecule has 3 aromatic rings. The van der Waals surface area contributed by atoms with Gasteiger partial charge in [-0.15, -0.1) is 0 Å². The van der Waals surface area contributed by atoms with Crippen LogP contribution in [-0.4, -0.2) is 99.9 Å². The van der Waals surface area contributed by atoms with Crippen LogP contribution in [0, 0.1) is 0 Å². The van der Waals surface area contributed by atoms with Crippen LogP contribution >= 0.6 is 0 Å². The lowest BCUT2D eigenvalue weighted by Crippen LogP contribution is -2.55. The molecule has 2 aromatic carbocycles. The molecule has 0 spiro atoms. The van der Waals surface area contributed by atoms with E-state index in [0.29, 0.717) is 41.8 Å².